The second-order valence-corrected chi connectivity index (χ2v) is 7.65. The van der Waals surface area contributed by atoms with Gasteiger partial charge in [-0.25, -0.2) is 14.8 Å². The molecule has 0 amide bonds. The van der Waals surface area contributed by atoms with Gasteiger partial charge >= 0.3 is 5.97 Å². The van der Waals surface area contributed by atoms with Crippen LogP contribution in [-0.2, 0) is 4.79 Å². The summed E-state index contributed by atoms with van der Waals surface area (Å²) in [5.74, 6) is 0.0625. The van der Waals surface area contributed by atoms with Crippen LogP contribution < -0.4 is 0 Å². The van der Waals surface area contributed by atoms with E-state index in [4.69, 9.17) is 10.1 Å². The molecule has 5 heteroatoms. The predicted octanol–water partition coefficient (Wildman–Crippen LogP) is 6.10. The smallest absolute Gasteiger partial charge is 0.327 e. The monoisotopic (exact) mass is 404 g/mol. The van der Waals surface area contributed by atoms with Gasteiger partial charge in [0.25, 0.3) is 0 Å². The highest BCUT2D eigenvalue weighted by molar-refractivity contribution is 7.99. The zero-order valence-corrected chi connectivity index (χ0v) is 17.0. The Morgan fingerprint density at radius 3 is 2.31 bits per heavy atom. The molecule has 0 saturated heterocycles. The lowest BCUT2D eigenvalue weighted by Gasteiger charge is -2.10. The summed E-state index contributed by atoms with van der Waals surface area (Å²) in [6.45, 7) is 0. The van der Waals surface area contributed by atoms with Crippen molar-refractivity contribution in [1.29, 1.82) is 0 Å². The van der Waals surface area contributed by atoms with Crippen molar-refractivity contribution in [1.82, 2.24) is 9.97 Å². The van der Waals surface area contributed by atoms with E-state index < -0.39 is 5.97 Å². The molecule has 3 rings (SSSR count). The molecule has 0 aliphatic heterocycles. The number of hydrogen-bond donors (Lipinski definition) is 1. The molecule has 0 saturated carbocycles. The fourth-order valence-electron chi connectivity index (χ4n) is 2.97. The number of thioether (sulfide) groups is 1. The third-order valence-corrected chi connectivity index (χ3v) is 5.35. The number of rotatable bonds is 10. The minimum Gasteiger partial charge on any atom is -0.478 e. The summed E-state index contributed by atoms with van der Waals surface area (Å²) in [5.41, 5.74) is 4.18. The van der Waals surface area contributed by atoms with E-state index in [9.17, 15) is 4.79 Å². The van der Waals surface area contributed by atoms with Gasteiger partial charge in [-0.3, -0.25) is 0 Å². The van der Waals surface area contributed by atoms with Crippen LogP contribution in [0.3, 0.4) is 0 Å². The standard InChI is InChI=1S/C24H24N2O2S/c27-22(28)16-10-2-1-3-11-17-29-24-25-18-21(19-12-6-4-7-13-19)23(26-24)20-14-8-5-9-15-20/h4-10,12-16,18H,1-3,11,17H2,(H,27,28). The minimum absolute atomic E-state index is 0.786. The van der Waals surface area contributed by atoms with Crippen LogP contribution in [0.2, 0.25) is 0 Å². The number of aliphatic carboxylic acids is 1. The maximum Gasteiger partial charge on any atom is 0.327 e. The molecule has 0 radical (unpaired) electrons. The quantitative estimate of drug-likeness (QED) is 0.191. The van der Waals surface area contributed by atoms with Gasteiger partial charge in [0.15, 0.2) is 5.16 Å². The number of nitrogens with zero attached hydrogens (tertiary/aromatic N) is 2. The van der Waals surface area contributed by atoms with Crippen LogP contribution in [0.4, 0.5) is 0 Å². The Kier molecular flexibility index (Phi) is 8.01. The SMILES string of the molecule is O=C(O)C=CCCCCCSc1ncc(-c2ccccc2)c(-c2ccccc2)n1. The van der Waals surface area contributed by atoms with Crippen LogP contribution in [-0.4, -0.2) is 26.8 Å². The van der Waals surface area contributed by atoms with Crippen molar-refractivity contribution >= 4 is 17.7 Å². The Morgan fingerprint density at radius 1 is 0.931 bits per heavy atom. The zero-order chi connectivity index (χ0) is 20.3. The van der Waals surface area contributed by atoms with Crippen LogP contribution in [0, 0.1) is 0 Å². The highest BCUT2D eigenvalue weighted by Gasteiger charge is 2.11. The molecule has 0 atom stereocenters. The van der Waals surface area contributed by atoms with Crippen molar-refractivity contribution in [2.75, 3.05) is 5.75 Å². The Morgan fingerprint density at radius 2 is 1.62 bits per heavy atom. The number of carboxylic acids is 1. The van der Waals surface area contributed by atoms with E-state index in [0.29, 0.717) is 0 Å². The first-order chi connectivity index (χ1) is 14.2. The van der Waals surface area contributed by atoms with E-state index >= 15 is 0 Å². The lowest BCUT2D eigenvalue weighted by atomic mass is 10.0. The number of benzene rings is 2. The molecule has 0 aliphatic carbocycles. The lowest BCUT2D eigenvalue weighted by molar-refractivity contribution is -0.131. The summed E-state index contributed by atoms with van der Waals surface area (Å²) >= 11 is 1.67. The van der Waals surface area contributed by atoms with Crippen LogP contribution in [0.15, 0.2) is 84.2 Å². The molecule has 148 valence electrons. The number of carbonyl (C=O) groups is 1. The molecule has 1 aromatic heterocycles. The molecule has 0 unspecified atom stereocenters. The second kappa shape index (κ2) is 11.2. The van der Waals surface area contributed by atoms with Gasteiger partial charge in [-0.05, 0) is 24.8 Å². The summed E-state index contributed by atoms with van der Waals surface area (Å²) in [4.78, 5) is 19.9. The molecular formula is C24H24N2O2S. The van der Waals surface area contributed by atoms with Crippen LogP contribution in [0.1, 0.15) is 25.7 Å². The molecule has 4 nitrogen and oxygen atoms in total. The predicted molar refractivity (Wildman–Crippen MR) is 119 cm³/mol. The van der Waals surface area contributed by atoms with Crippen molar-refractivity contribution < 1.29 is 9.90 Å². The molecule has 29 heavy (non-hydrogen) atoms. The third kappa shape index (κ3) is 6.57. The number of allylic oxidation sites excluding steroid dienone is 1. The molecule has 2 aromatic carbocycles. The first-order valence-corrected chi connectivity index (χ1v) is 10.7. The Bertz CT molecular complexity index is 944. The van der Waals surface area contributed by atoms with Crippen molar-refractivity contribution in [2.45, 2.75) is 30.8 Å². The fourth-order valence-corrected chi connectivity index (χ4v) is 3.78. The van der Waals surface area contributed by atoms with Gasteiger partial charge < -0.3 is 5.11 Å². The fraction of sp³-hybridized carbons (Fsp3) is 0.208. The zero-order valence-electron chi connectivity index (χ0n) is 16.2. The van der Waals surface area contributed by atoms with E-state index in [2.05, 4.69) is 29.2 Å². The minimum atomic E-state index is -0.883. The maximum absolute atomic E-state index is 10.4. The van der Waals surface area contributed by atoms with E-state index in [0.717, 1.165) is 59.0 Å². The summed E-state index contributed by atoms with van der Waals surface area (Å²) in [6, 6.07) is 20.4. The summed E-state index contributed by atoms with van der Waals surface area (Å²) < 4.78 is 0. The molecule has 0 aliphatic rings. The summed E-state index contributed by atoms with van der Waals surface area (Å²) in [5, 5.41) is 9.36. The van der Waals surface area contributed by atoms with Gasteiger partial charge in [0.2, 0.25) is 0 Å². The molecule has 1 heterocycles. The van der Waals surface area contributed by atoms with Gasteiger partial charge in [0.05, 0.1) is 5.69 Å². The van der Waals surface area contributed by atoms with E-state index in [-0.39, 0.29) is 0 Å². The Balaban J connectivity index is 1.64. The molecule has 0 bridgehead atoms. The largest absolute Gasteiger partial charge is 0.478 e. The van der Waals surface area contributed by atoms with E-state index in [1.807, 2.05) is 42.6 Å². The molecule has 3 aromatic rings. The average molecular weight is 405 g/mol. The number of hydrogen-bond acceptors (Lipinski definition) is 4. The van der Waals surface area contributed by atoms with Crippen LogP contribution in [0.25, 0.3) is 22.4 Å². The third-order valence-electron chi connectivity index (χ3n) is 4.41. The second-order valence-electron chi connectivity index (χ2n) is 6.59. The van der Waals surface area contributed by atoms with Gasteiger partial charge in [-0.1, -0.05) is 84.9 Å². The normalized spacial score (nSPS) is 11.0. The van der Waals surface area contributed by atoms with Crippen molar-refractivity contribution in [2.24, 2.45) is 0 Å². The van der Waals surface area contributed by atoms with E-state index in [1.54, 1.807) is 17.8 Å². The Labute approximate surface area is 175 Å². The van der Waals surface area contributed by atoms with E-state index in [1.165, 1.54) is 6.08 Å². The first kappa shape index (κ1) is 20.8. The highest BCUT2D eigenvalue weighted by Crippen LogP contribution is 2.31. The summed E-state index contributed by atoms with van der Waals surface area (Å²) in [6.07, 6.45) is 8.75. The number of aromatic nitrogens is 2. The molecule has 0 spiro atoms. The highest BCUT2D eigenvalue weighted by atomic mass is 32.2. The van der Waals surface area contributed by atoms with Gasteiger partial charge in [-0.15, -0.1) is 0 Å². The lowest BCUT2D eigenvalue weighted by Crippen LogP contribution is -1.95. The molecule has 1 N–H and O–H groups in total. The van der Waals surface area contributed by atoms with Crippen LogP contribution in [0.5, 0.6) is 0 Å². The van der Waals surface area contributed by atoms with Crippen molar-refractivity contribution in [3.8, 4) is 22.4 Å². The first-order valence-electron chi connectivity index (χ1n) is 9.74. The van der Waals surface area contributed by atoms with Crippen molar-refractivity contribution in [3.05, 3.63) is 79.0 Å². The summed E-state index contributed by atoms with van der Waals surface area (Å²) in [7, 11) is 0. The van der Waals surface area contributed by atoms with Crippen molar-refractivity contribution in [3.63, 3.8) is 0 Å². The number of unbranched alkanes of at least 4 members (excludes halogenated alkanes) is 3. The average Bonchev–Trinajstić information content (AvgIpc) is 2.76. The number of carboxylic acid groups (broad SMARTS) is 1. The van der Waals surface area contributed by atoms with Gasteiger partial charge in [0, 0.05) is 29.2 Å². The van der Waals surface area contributed by atoms with Gasteiger partial charge in [0.1, 0.15) is 0 Å². The topological polar surface area (TPSA) is 63.1 Å². The van der Waals surface area contributed by atoms with Gasteiger partial charge in [-0.2, -0.15) is 0 Å². The molecular weight excluding hydrogens is 380 g/mol. The van der Waals surface area contributed by atoms with Crippen LogP contribution >= 0.6 is 11.8 Å². The maximum atomic E-state index is 10.4. The molecule has 0 fully saturated rings. The Hall–Kier alpha value is -2.92.